The van der Waals surface area contributed by atoms with E-state index in [-0.39, 0.29) is 22.9 Å². The van der Waals surface area contributed by atoms with Crippen LogP contribution in [0.25, 0.3) is 6.08 Å². The van der Waals surface area contributed by atoms with Gasteiger partial charge in [0, 0.05) is 17.2 Å². The van der Waals surface area contributed by atoms with Crippen LogP contribution in [-0.4, -0.2) is 21.8 Å². The molecule has 0 fully saturated rings. The summed E-state index contributed by atoms with van der Waals surface area (Å²) in [6.07, 6.45) is 4.10. The highest BCUT2D eigenvalue weighted by molar-refractivity contribution is 6.22. The third-order valence-corrected chi connectivity index (χ3v) is 2.97. The summed E-state index contributed by atoms with van der Waals surface area (Å²) < 4.78 is 0. The van der Waals surface area contributed by atoms with Gasteiger partial charge in [0.25, 0.3) is 0 Å². The molecule has 0 atom stereocenters. The Morgan fingerprint density at radius 1 is 0.944 bits per heavy atom. The summed E-state index contributed by atoms with van der Waals surface area (Å²) in [6, 6.07) is 4.47. The average Bonchev–Trinajstić information content (AvgIpc) is 2.33. The van der Waals surface area contributed by atoms with E-state index in [0.29, 0.717) is 16.7 Å². The lowest BCUT2D eigenvalue weighted by atomic mass is 9.83. The second-order valence-corrected chi connectivity index (χ2v) is 4.15. The molecule has 1 aromatic carbocycles. The maximum atomic E-state index is 12.2. The second-order valence-electron chi connectivity index (χ2n) is 4.15. The summed E-state index contributed by atoms with van der Waals surface area (Å²) in [5.41, 5.74) is 1.77. The Labute approximate surface area is 102 Å². The minimum Gasteiger partial charge on any atom is -0.508 e. The van der Waals surface area contributed by atoms with Crippen LogP contribution in [-0.2, 0) is 4.79 Å². The van der Waals surface area contributed by atoms with E-state index in [1.54, 1.807) is 12.1 Å². The number of aliphatic hydroxyl groups is 1. The smallest absolute Gasteiger partial charge is 0.220 e. The average molecular weight is 240 g/mol. The molecule has 0 spiro atoms. The molecule has 2 aliphatic carbocycles. The number of benzene rings is 1. The van der Waals surface area contributed by atoms with Crippen LogP contribution in [0.2, 0.25) is 0 Å². The highest BCUT2D eigenvalue weighted by atomic mass is 16.3. The quantitative estimate of drug-likeness (QED) is 0.726. The topological polar surface area (TPSA) is 74.6 Å². The summed E-state index contributed by atoms with van der Waals surface area (Å²) in [4.78, 5) is 23.5. The first-order valence-electron chi connectivity index (χ1n) is 5.33. The van der Waals surface area contributed by atoms with Gasteiger partial charge in [-0.3, -0.25) is 9.59 Å². The first-order valence-corrected chi connectivity index (χ1v) is 5.33. The van der Waals surface area contributed by atoms with Crippen LogP contribution < -0.4 is 0 Å². The van der Waals surface area contributed by atoms with Crippen LogP contribution in [0.4, 0.5) is 0 Å². The molecular weight excluding hydrogens is 232 g/mol. The largest absolute Gasteiger partial charge is 0.508 e. The number of aromatic hydroxyl groups is 1. The Bertz CT molecular complexity index is 690. The van der Waals surface area contributed by atoms with Crippen molar-refractivity contribution >= 4 is 17.6 Å². The van der Waals surface area contributed by atoms with Gasteiger partial charge in [-0.2, -0.15) is 0 Å². The van der Waals surface area contributed by atoms with Gasteiger partial charge in [0.1, 0.15) is 5.75 Å². The first-order chi connectivity index (χ1) is 8.56. The highest BCUT2D eigenvalue weighted by Gasteiger charge is 2.28. The third-order valence-electron chi connectivity index (χ3n) is 2.97. The zero-order chi connectivity index (χ0) is 12.9. The van der Waals surface area contributed by atoms with Gasteiger partial charge >= 0.3 is 0 Å². The zero-order valence-corrected chi connectivity index (χ0v) is 9.18. The van der Waals surface area contributed by atoms with E-state index in [9.17, 15) is 19.8 Å². The number of ketones is 2. The fourth-order valence-corrected chi connectivity index (χ4v) is 2.08. The van der Waals surface area contributed by atoms with Crippen LogP contribution in [0.3, 0.4) is 0 Å². The zero-order valence-electron chi connectivity index (χ0n) is 9.18. The Morgan fingerprint density at radius 2 is 1.72 bits per heavy atom. The highest BCUT2D eigenvalue weighted by Crippen LogP contribution is 2.33. The monoisotopic (exact) mass is 240 g/mol. The van der Waals surface area contributed by atoms with E-state index < -0.39 is 5.78 Å². The van der Waals surface area contributed by atoms with Gasteiger partial charge in [-0.25, -0.2) is 0 Å². The van der Waals surface area contributed by atoms with Crippen LogP contribution in [0, 0.1) is 0 Å². The molecule has 0 saturated heterocycles. The summed E-state index contributed by atoms with van der Waals surface area (Å²) in [5.74, 6) is -1.28. The number of aliphatic hydroxyl groups excluding tert-OH is 1. The van der Waals surface area contributed by atoms with Crippen molar-refractivity contribution in [1.82, 2.24) is 0 Å². The molecule has 3 rings (SSSR count). The van der Waals surface area contributed by atoms with Crippen LogP contribution in [0.15, 0.2) is 47.3 Å². The molecule has 0 radical (unpaired) electrons. The van der Waals surface area contributed by atoms with Crippen molar-refractivity contribution in [2.24, 2.45) is 0 Å². The lowest BCUT2D eigenvalue weighted by Crippen LogP contribution is -2.17. The van der Waals surface area contributed by atoms with Crippen molar-refractivity contribution < 1.29 is 19.8 Å². The summed E-state index contributed by atoms with van der Waals surface area (Å²) >= 11 is 0. The van der Waals surface area contributed by atoms with Gasteiger partial charge in [0.05, 0.1) is 0 Å². The lowest BCUT2D eigenvalue weighted by Gasteiger charge is -2.19. The molecule has 2 aliphatic rings. The number of hydrogen-bond acceptors (Lipinski definition) is 4. The summed E-state index contributed by atoms with van der Waals surface area (Å²) in [7, 11) is 0. The molecule has 0 aromatic heterocycles. The molecule has 0 saturated carbocycles. The lowest BCUT2D eigenvalue weighted by molar-refractivity contribution is -0.113. The molecule has 2 N–H and O–H groups in total. The van der Waals surface area contributed by atoms with Crippen molar-refractivity contribution in [3.8, 4) is 5.75 Å². The van der Waals surface area contributed by atoms with E-state index in [1.165, 1.54) is 18.2 Å². The van der Waals surface area contributed by atoms with E-state index in [4.69, 9.17) is 0 Å². The number of Topliss-reactive ketones (excluding diaryl/α,β-unsaturated/α-hetero) is 1. The molecule has 0 unspecified atom stereocenters. The fraction of sp³-hybridized carbons (Fsp3) is 0. The predicted molar refractivity (Wildman–Crippen MR) is 64.2 cm³/mol. The van der Waals surface area contributed by atoms with Crippen molar-refractivity contribution in [2.45, 2.75) is 0 Å². The van der Waals surface area contributed by atoms with E-state index in [2.05, 4.69) is 0 Å². The van der Waals surface area contributed by atoms with E-state index >= 15 is 0 Å². The number of carbonyl (C=O) groups excluding carboxylic acids is 2. The Hall–Kier alpha value is -2.62. The Kier molecular flexibility index (Phi) is 2.01. The number of hydrogen-bond donors (Lipinski definition) is 2. The molecule has 0 aliphatic heterocycles. The first kappa shape index (κ1) is 10.5. The molecule has 0 heterocycles. The molecular formula is C14H8O4. The van der Waals surface area contributed by atoms with Crippen molar-refractivity contribution in [2.75, 3.05) is 0 Å². The summed E-state index contributed by atoms with van der Waals surface area (Å²) in [5, 5.41) is 18.8. The number of rotatable bonds is 0. The Balaban J connectivity index is 2.26. The SMILES string of the molecule is O=C1C=C2C(=O)c3cc(O)ccc3C=C2C=C1O. The van der Waals surface area contributed by atoms with Gasteiger partial charge in [0.2, 0.25) is 5.78 Å². The number of phenols is 1. The number of allylic oxidation sites excluding steroid dienone is 4. The normalized spacial score (nSPS) is 17.4. The van der Waals surface area contributed by atoms with E-state index in [0.717, 1.165) is 6.08 Å². The van der Waals surface area contributed by atoms with Crippen LogP contribution in [0.5, 0.6) is 5.75 Å². The standard InChI is InChI=1S/C14H8O4/c15-9-2-1-7-3-8-4-12(16)13(17)6-11(8)14(18)10(7)5-9/h1-6,15-16H. The van der Waals surface area contributed by atoms with Gasteiger partial charge in [-0.05, 0) is 35.4 Å². The molecule has 4 nitrogen and oxygen atoms in total. The van der Waals surface area contributed by atoms with Gasteiger partial charge in [-0.15, -0.1) is 0 Å². The second kappa shape index (κ2) is 3.43. The fourth-order valence-electron chi connectivity index (χ4n) is 2.08. The maximum absolute atomic E-state index is 12.2. The summed E-state index contributed by atoms with van der Waals surface area (Å²) in [6.45, 7) is 0. The number of fused-ring (bicyclic) bond motifs is 2. The predicted octanol–water partition coefficient (Wildman–Crippen LogP) is 1.92. The Morgan fingerprint density at radius 3 is 2.50 bits per heavy atom. The van der Waals surface area contributed by atoms with Gasteiger partial charge < -0.3 is 10.2 Å². The van der Waals surface area contributed by atoms with Crippen molar-refractivity contribution in [1.29, 1.82) is 0 Å². The molecule has 4 heteroatoms. The minimum atomic E-state index is -0.584. The molecule has 0 bridgehead atoms. The molecule has 1 aromatic rings. The van der Waals surface area contributed by atoms with Crippen LogP contribution in [0.1, 0.15) is 15.9 Å². The molecule has 18 heavy (non-hydrogen) atoms. The van der Waals surface area contributed by atoms with Crippen molar-refractivity contribution in [3.05, 3.63) is 58.4 Å². The van der Waals surface area contributed by atoms with Gasteiger partial charge in [-0.1, -0.05) is 6.07 Å². The number of carbonyl (C=O) groups is 2. The maximum Gasteiger partial charge on any atom is 0.220 e. The van der Waals surface area contributed by atoms with Crippen molar-refractivity contribution in [3.63, 3.8) is 0 Å². The van der Waals surface area contributed by atoms with Crippen LogP contribution >= 0.6 is 0 Å². The molecule has 88 valence electrons. The number of phenolic OH excluding ortho intramolecular Hbond substituents is 1. The molecule has 0 amide bonds. The minimum absolute atomic E-state index is 0.0000697. The third kappa shape index (κ3) is 1.39. The van der Waals surface area contributed by atoms with Gasteiger partial charge in [0.15, 0.2) is 11.5 Å². The van der Waals surface area contributed by atoms with E-state index in [1.807, 2.05) is 0 Å².